The number of aryl methyl sites for hydroxylation is 2. The third-order valence-electron chi connectivity index (χ3n) is 3.15. The molecule has 0 bridgehead atoms. The maximum atomic E-state index is 13.1. The first-order valence-electron chi connectivity index (χ1n) is 6.01. The van der Waals surface area contributed by atoms with Gasteiger partial charge in [0.05, 0.1) is 6.20 Å². The van der Waals surface area contributed by atoms with Gasteiger partial charge in [0.2, 0.25) is 0 Å². The number of halogens is 1. The number of nitrogens with zero attached hydrogens (tertiary/aromatic N) is 2. The van der Waals surface area contributed by atoms with Gasteiger partial charge in [-0.25, -0.2) is 4.39 Å². The van der Waals surface area contributed by atoms with Gasteiger partial charge in [-0.2, -0.15) is 5.10 Å². The van der Waals surface area contributed by atoms with Crippen LogP contribution < -0.4 is 5.32 Å². The van der Waals surface area contributed by atoms with Crippen LogP contribution in [-0.2, 0) is 13.5 Å². The van der Waals surface area contributed by atoms with Gasteiger partial charge < -0.3 is 5.32 Å². The van der Waals surface area contributed by atoms with Crippen LogP contribution in [0.2, 0.25) is 0 Å². The number of rotatable bonds is 4. The maximum absolute atomic E-state index is 13.1. The number of likely N-dealkylation sites (N-methyl/N-ethyl adjacent to an activating group) is 1. The number of hydrogen-bond donors (Lipinski definition) is 1. The van der Waals surface area contributed by atoms with Gasteiger partial charge in [0.15, 0.2) is 0 Å². The highest BCUT2D eigenvalue weighted by Crippen LogP contribution is 2.22. The van der Waals surface area contributed by atoms with E-state index in [2.05, 4.69) is 10.4 Å². The molecule has 0 saturated carbocycles. The normalized spacial score (nSPS) is 12.7. The molecule has 96 valence electrons. The summed E-state index contributed by atoms with van der Waals surface area (Å²) in [4.78, 5) is 0. The van der Waals surface area contributed by atoms with Crippen molar-refractivity contribution in [1.82, 2.24) is 15.1 Å². The van der Waals surface area contributed by atoms with Crippen molar-refractivity contribution in [3.8, 4) is 0 Å². The van der Waals surface area contributed by atoms with Crippen molar-refractivity contribution < 1.29 is 4.39 Å². The largest absolute Gasteiger partial charge is 0.313 e. The second-order valence-electron chi connectivity index (χ2n) is 4.57. The maximum Gasteiger partial charge on any atom is 0.123 e. The van der Waals surface area contributed by atoms with Crippen LogP contribution in [0.3, 0.4) is 0 Å². The van der Waals surface area contributed by atoms with Gasteiger partial charge in [-0.05, 0) is 49.2 Å². The van der Waals surface area contributed by atoms with Gasteiger partial charge >= 0.3 is 0 Å². The van der Waals surface area contributed by atoms with Crippen LogP contribution >= 0.6 is 0 Å². The van der Waals surface area contributed by atoms with E-state index in [1.807, 2.05) is 39.5 Å². The molecule has 0 aliphatic rings. The van der Waals surface area contributed by atoms with Crippen LogP contribution in [0.25, 0.3) is 0 Å². The molecular weight excluding hydrogens is 229 g/mol. The molecule has 1 atom stereocenters. The fourth-order valence-electron chi connectivity index (χ4n) is 2.21. The molecule has 2 rings (SSSR count). The van der Waals surface area contributed by atoms with Crippen LogP contribution in [0.1, 0.15) is 22.7 Å². The van der Waals surface area contributed by atoms with Crippen molar-refractivity contribution in [3.63, 3.8) is 0 Å². The van der Waals surface area contributed by atoms with E-state index in [-0.39, 0.29) is 11.9 Å². The van der Waals surface area contributed by atoms with E-state index in [1.54, 1.807) is 10.7 Å². The predicted molar refractivity (Wildman–Crippen MR) is 69.8 cm³/mol. The minimum absolute atomic E-state index is 0.176. The van der Waals surface area contributed by atoms with Crippen molar-refractivity contribution in [2.45, 2.75) is 19.4 Å². The number of hydrogen-bond acceptors (Lipinski definition) is 2. The van der Waals surface area contributed by atoms with Crippen LogP contribution in [-0.4, -0.2) is 16.8 Å². The third-order valence-corrected chi connectivity index (χ3v) is 3.15. The SMILES string of the molecule is CNC(Cc1cnn(C)c1)c1ccc(F)cc1C. The van der Waals surface area contributed by atoms with Gasteiger partial charge in [-0.15, -0.1) is 0 Å². The van der Waals surface area contributed by atoms with E-state index in [0.717, 1.165) is 17.5 Å². The van der Waals surface area contributed by atoms with Gasteiger partial charge in [0, 0.05) is 19.3 Å². The summed E-state index contributed by atoms with van der Waals surface area (Å²) in [6, 6.07) is 5.11. The molecule has 0 saturated heterocycles. The van der Waals surface area contributed by atoms with E-state index < -0.39 is 0 Å². The summed E-state index contributed by atoms with van der Waals surface area (Å²) in [5, 5.41) is 7.44. The average Bonchev–Trinajstić information content (AvgIpc) is 2.72. The molecule has 4 heteroatoms. The first kappa shape index (κ1) is 12.8. The lowest BCUT2D eigenvalue weighted by Crippen LogP contribution is -2.19. The van der Waals surface area contributed by atoms with Crippen molar-refractivity contribution in [3.05, 3.63) is 53.1 Å². The molecular formula is C14H18FN3. The van der Waals surface area contributed by atoms with E-state index in [4.69, 9.17) is 0 Å². The van der Waals surface area contributed by atoms with Crippen LogP contribution in [0, 0.1) is 12.7 Å². The fraction of sp³-hybridized carbons (Fsp3) is 0.357. The average molecular weight is 247 g/mol. The summed E-state index contributed by atoms with van der Waals surface area (Å²) in [6.45, 7) is 1.94. The van der Waals surface area contributed by atoms with Gasteiger partial charge in [-0.3, -0.25) is 4.68 Å². The van der Waals surface area contributed by atoms with Crippen molar-refractivity contribution in [1.29, 1.82) is 0 Å². The third kappa shape index (κ3) is 2.76. The molecule has 1 unspecified atom stereocenters. The molecule has 1 N–H and O–H groups in total. The first-order valence-corrected chi connectivity index (χ1v) is 6.01. The van der Waals surface area contributed by atoms with Crippen LogP contribution in [0.4, 0.5) is 4.39 Å². The van der Waals surface area contributed by atoms with Crippen LogP contribution in [0.15, 0.2) is 30.6 Å². The highest BCUT2D eigenvalue weighted by molar-refractivity contribution is 5.30. The monoisotopic (exact) mass is 247 g/mol. The number of nitrogens with one attached hydrogen (secondary N) is 1. The molecule has 3 nitrogen and oxygen atoms in total. The summed E-state index contributed by atoms with van der Waals surface area (Å²) in [5.74, 6) is -0.188. The summed E-state index contributed by atoms with van der Waals surface area (Å²) in [7, 11) is 3.82. The minimum Gasteiger partial charge on any atom is -0.313 e. The molecule has 0 radical (unpaired) electrons. The lowest BCUT2D eigenvalue weighted by molar-refractivity contribution is 0.581. The minimum atomic E-state index is -0.188. The Morgan fingerprint density at radius 1 is 1.44 bits per heavy atom. The Bertz CT molecular complexity index is 534. The number of benzene rings is 1. The second-order valence-corrected chi connectivity index (χ2v) is 4.57. The van der Waals surface area contributed by atoms with Gasteiger partial charge in [-0.1, -0.05) is 6.07 Å². The second kappa shape index (κ2) is 5.31. The molecule has 0 amide bonds. The molecule has 1 heterocycles. The molecule has 0 fully saturated rings. The fourth-order valence-corrected chi connectivity index (χ4v) is 2.21. The Morgan fingerprint density at radius 3 is 2.78 bits per heavy atom. The lowest BCUT2D eigenvalue weighted by Gasteiger charge is -2.18. The Labute approximate surface area is 107 Å². The highest BCUT2D eigenvalue weighted by Gasteiger charge is 2.13. The zero-order chi connectivity index (χ0) is 13.1. The molecule has 2 aromatic rings. The summed E-state index contributed by atoms with van der Waals surface area (Å²) >= 11 is 0. The van der Waals surface area contributed by atoms with E-state index in [1.165, 1.54) is 11.6 Å². The lowest BCUT2D eigenvalue weighted by atomic mass is 9.96. The van der Waals surface area contributed by atoms with E-state index in [9.17, 15) is 4.39 Å². The summed E-state index contributed by atoms with van der Waals surface area (Å²) < 4.78 is 14.9. The molecule has 1 aromatic carbocycles. The van der Waals surface area contributed by atoms with Crippen molar-refractivity contribution in [2.75, 3.05) is 7.05 Å². The molecule has 0 aliphatic heterocycles. The predicted octanol–water partition coefficient (Wildman–Crippen LogP) is 2.37. The van der Waals surface area contributed by atoms with Crippen molar-refractivity contribution >= 4 is 0 Å². The van der Waals surface area contributed by atoms with Crippen LogP contribution in [0.5, 0.6) is 0 Å². The summed E-state index contributed by atoms with van der Waals surface area (Å²) in [6.07, 6.45) is 4.71. The number of aromatic nitrogens is 2. The molecule has 0 spiro atoms. The highest BCUT2D eigenvalue weighted by atomic mass is 19.1. The van der Waals surface area contributed by atoms with E-state index in [0.29, 0.717) is 0 Å². The topological polar surface area (TPSA) is 29.9 Å². The molecule has 1 aromatic heterocycles. The quantitative estimate of drug-likeness (QED) is 0.899. The Kier molecular flexibility index (Phi) is 3.77. The Hall–Kier alpha value is -1.68. The smallest absolute Gasteiger partial charge is 0.123 e. The first-order chi connectivity index (χ1) is 8.60. The zero-order valence-electron chi connectivity index (χ0n) is 10.9. The van der Waals surface area contributed by atoms with Gasteiger partial charge in [0.25, 0.3) is 0 Å². The summed E-state index contributed by atoms with van der Waals surface area (Å²) in [5.41, 5.74) is 3.27. The van der Waals surface area contributed by atoms with E-state index >= 15 is 0 Å². The molecule has 0 aliphatic carbocycles. The van der Waals surface area contributed by atoms with Gasteiger partial charge in [0.1, 0.15) is 5.82 Å². The molecule has 18 heavy (non-hydrogen) atoms. The Morgan fingerprint density at radius 2 is 2.22 bits per heavy atom. The standard InChI is InChI=1S/C14H18FN3/c1-10-6-12(15)4-5-13(10)14(16-2)7-11-8-17-18(3)9-11/h4-6,8-9,14,16H,7H2,1-3H3. The van der Waals surface area contributed by atoms with Crippen molar-refractivity contribution in [2.24, 2.45) is 7.05 Å². The zero-order valence-corrected chi connectivity index (χ0v) is 10.9. The Balaban J connectivity index is 2.22.